The van der Waals surface area contributed by atoms with Crippen molar-refractivity contribution >= 4 is 0 Å². The zero-order chi connectivity index (χ0) is 9.64. The molecule has 2 rings (SSSR count). The van der Waals surface area contributed by atoms with E-state index in [-0.39, 0.29) is 0 Å². The van der Waals surface area contributed by atoms with Crippen LogP contribution in [0.1, 0.15) is 11.1 Å². The van der Waals surface area contributed by atoms with Crippen molar-refractivity contribution in [2.45, 2.75) is 0 Å². The molecule has 0 amide bonds. The van der Waals surface area contributed by atoms with Crippen LogP contribution in [0.4, 0.5) is 0 Å². The predicted molar refractivity (Wildman–Crippen MR) is 52.1 cm³/mol. The molecule has 1 aliphatic rings. The molecule has 1 aromatic rings. The minimum atomic E-state index is 0.448. The second-order valence-electron chi connectivity index (χ2n) is 2.70. The molecule has 0 aromatic heterocycles. The maximum Gasteiger partial charge on any atom is 0.135 e. The van der Waals surface area contributed by atoms with Gasteiger partial charge >= 0.3 is 0 Å². The van der Waals surface area contributed by atoms with Crippen LogP contribution < -0.4 is 0 Å². The molecule has 0 aliphatic carbocycles. The van der Waals surface area contributed by atoms with E-state index in [2.05, 4.69) is 24.1 Å². The fourth-order valence-electron chi connectivity index (χ4n) is 1.07. The van der Waals surface area contributed by atoms with Gasteiger partial charge in [0.1, 0.15) is 25.4 Å². The maximum atomic E-state index is 5.01. The monoisotopic (exact) mass is 184 g/mol. The van der Waals surface area contributed by atoms with E-state index < -0.39 is 0 Å². The van der Waals surface area contributed by atoms with E-state index in [9.17, 15) is 0 Å². The molecule has 68 valence electrons. The summed E-state index contributed by atoms with van der Waals surface area (Å²) in [4.78, 5) is 0. The first kappa shape index (κ1) is 8.53. The highest BCUT2D eigenvalue weighted by molar-refractivity contribution is 5.49. The van der Waals surface area contributed by atoms with Crippen LogP contribution in [0.3, 0.4) is 0 Å². The molecule has 0 N–H and O–H groups in total. The average molecular weight is 184 g/mol. The summed E-state index contributed by atoms with van der Waals surface area (Å²) in [7, 11) is 0. The van der Waals surface area contributed by atoms with Crippen LogP contribution in [-0.2, 0) is 9.47 Å². The quantitative estimate of drug-likeness (QED) is 0.567. The van der Waals surface area contributed by atoms with Gasteiger partial charge in [0, 0.05) is 11.1 Å². The minimum Gasteiger partial charge on any atom is -0.443 e. The van der Waals surface area contributed by atoms with Crippen molar-refractivity contribution in [3.8, 4) is 24.1 Å². The third kappa shape index (κ3) is 2.00. The fourth-order valence-corrected chi connectivity index (χ4v) is 1.07. The lowest BCUT2D eigenvalue weighted by atomic mass is 10.1. The van der Waals surface area contributed by atoms with Crippen molar-refractivity contribution in [2.24, 2.45) is 0 Å². The average Bonchev–Trinajstić information content (AvgIpc) is 2.25. The summed E-state index contributed by atoms with van der Waals surface area (Å²) >= 11 is 0. The highest BCUT2D eigenvalue weighted by atomic mass is 16.5. The molecule has 1 heterocycles. The summed E-state index contributed by atoms with van der Waals surface area (Å²) < 4.78 is 10.0. The smallest absolute Gasteiger partial charge is 0.135 e. The van der Waals surface area contributed by atoms with Crippen molar-refractivity contribution in [2.75, 3.05) is 13.2 Å². The first-order valence-corrected chi connectivity index (χ1v) is 4.31. The van der Waals surface area contributed by atoms with Crippen molar-refractivity contribution in [3.63, 3.8) is 0 Å². The summed E-state index contributed by atoms with van der Waals surface area (Å²) in [6.45, 7) is 0.897. The van der Waals surface area contributed by atoms with Crippen molar-refractivity contribution in [1.82, 2.24) is 0 Å². The lowest BCUT2D eigenvalue weighted by Crippen LogP contribution is -1.98. The lowest BCUT2D eigenvalue weighted by Gasteiger charge is -1.99. The van der Waals surface area contributed by atoms with Gasteiger partial charge in [-0.3, -0.25) is 0 Å². The number of benzene rings is 1. The fraction of sp³-hybridized carbons (Fsp3) is 0.167. The zero-order valence-electron chi connectivity index (χ0n) is 7.54. The van der Waals surface area contributed by atoms with Gasteiger partial charge in [0.15, 0.2) is 0 Å². The second kappa shape index (κ2) is 4.25. The van der Waals surface area contributed by atoms with Crippen LogP contribution in [0.25, 0.3) is 0 Å². The molecule has 0 atom stereocenters. The molecule has 2 nitrogen and oxygen atoms in total. The van der Waals surface area contributed by atoms with Gasteiger partial charge in [0.25, 0.3) is 0 Å². The second-order valence-corrected chi connectivity index (χ2v) is 2.70. The molecule has 0 unspecified atom stereocenters. The number of ether oxygens (including phenoxy) is 2. The molecule has 0 saturated heterocycles. The van der Waals surface area contributed by atoms with E-state index in [1.165, 1.54) is 0 Å². The molecule has 0 bridgehead atoms. The summed E-state index contributed by atoms with van der Waals surface area (Å²) in [5, 5.41) is 0. The third-order valence-corrected chi connectivity index (χ3v) is 1.73. The van der Waals surface area contributed by atoms with Crippen LogP contribution in [-0.4, -0.2) is 13.2 Å². The molecule has 1 aliphatic heterocycles. The summed E-state index contributed by atoms with van der Waals surface area (Å²) in [5.41, 5.74) is 1.73. The van der Waals surface area contributed by atoms with E-state index >= 15 is 0 Å². The molecule has 2 heteroatoms. The number of hydrogen-bond acceptors (Lipinski definition) is 2. The Morgan fingerprint density at radius 3 is 1.86 bits per heavy atom. The molecule has 0 saturated carbocycles. The van der Waals surface area contributed by atoms with Gasteiger partial charge in [0.2, 0.25) is 0 Å². The lowest BCUT2D eigenvalue weighted by molar-refractivity contribution is 0.175. The Bertz CT molecular complexity index is 398. The first-order chi connectivity index (χ1) is 6.97. The third-order valence-electron chi connectivity index (χ3n) is 1.73. The minimum absolute atomic E-state index is 0.448. The molecular formula is C12H8O2. The van der Waals surface area contributed by atoms with Gasteiger partial charge in [-0.1, -0.05) is 12.1 Å². The maximum absolute atomic E-state index is 5.01. The summed E-state index contributed by atoms with van der Waals surface area (Å²) in [6.07, 6.45) is 5.23. The Labute approximate surface area is 82.8 Å². The van der Waals surface area contributed by atoms with Gasteiger partial charge in [-0.2, -0.15) is 0 Å². The van der Waals surface area contributed by atoms with E-state index in [1.807, 2.05) is 24.3 Å². The highest BCUT2D eigenvalue weighted by Crippen LogP contribution is 2.05. The van der Waals surface area contributed by atoms with Gasteiger partial charge < -0.3 is 9.47 Å². The van der Waals surface area contributed by atoms with E-state index in [0.717, 1.165) is 11.1 Å². The molecule has 0 spiro atoms. The Balaban J connectivity index is 2.41. The normalized spacial score (nSPS) is 12.9. The van der Waals surface area contributed by atoms with Crippen LogP contribution in [0.5, 0.6) is 0 Å². The number of fused-ring (bicyclic) bond motifs is 1. The largest absolute Gasteiger partial charge is 0.443 e. The van der Waals surface area contributed by atoms with E-state index in [0.29, 0.717) is 13.2 Å². The van der Waals surface area contributed by atoms with Crippen LogP contribution in [0.2, 0.25) is 0 Å². The summed E-state index contributed by atoms with van der Waals surface area (Å²) in [5.74, 6) is 5.81. The molecule has 0 radical (unpaired) electrons. The van der Waals surface area contributed by atoms with Crippen LogP contribution in [0.15, 0.2) is 24.3 Å². The molecular weight excluding hydrogens is 176 g/mol. The molecule has 1 aromatic carbocycles. The highest BCUT2D eigenvalue weighted by Gasteiger charge is 1.95. The Morgan fingerprint density at radius 2 is 1.36 bits per heavy atom. The van der Waals surface area contributed by atoms with Crippen molar-refractivity contribution < 1.29 is 9.47 Å². The van der Waals surface area contributed by atoms with Gasteiger partial charge in [0.05, 0.1) is 0 Å². The summed E-state index contributed by atoms with van der Waals surface area (Å²) in [6, 6.07) is 7.65. The number of rotatable bonds is 0. The first-order valence-electron chi connectivity index (χ1n) is 4.31. The van der Waals surface area contributed by atoms with Gasteiger partial charge in [-0.25, -0.2) is 0 Å². The Morgan fingerprint density at radius 1 is 0.857 bits per heavy atom. The standard InChI is InChI=1S/C12H8O2/c1-2-4-12-6-8-14-10-9-13-7-5-11(12)3-1/h1-4H,9-10H2. The predicted octanol–water partition coefficient (Wildman–Crippen LogP) is 1.35. The van der Waals surface area contributed by atoms with Crippen molar-refractivity contribution in [1.29, 1.82) is 0 Å². The Hall–Kier alpha value is -2.06. The van der Waals surface area contributed by atoms with E-state index in [4.69, 9.17) is 9.47 Å². The zero-order valence-corrected chi connectivity index (χ0v) is 7.54. The Kier molecular flexibility index (Phi) is 2.59. The van der Waals surface area contributed by atoms with E-state index in [1.54, 1.807) is 0 Å². The van der Waals surface area contributed by atoms with Gasteiger partial charge in [-0.15, -0.1) is 0 Å². The van der Waals surface area contributed by atoms with Crippen LogP contribution >= 0.6 is 0 Å². The topological polar surface area (TPSA) is 18.5 Å². The number of hydrogen-bond donors (Lipinski definition) is 0. The van der Waals surface area contributed by atoms with Crippen molar-refractivity contribution in [3.05, 3.63) is 35.4 Å². The van der Waals surface area contributed by atoms with Crippen LogP contribution in [0, 0.1) is 24.1 Å². The molecule has 14 heavy (non-hydrogen) atoms. The SMILES string of the molecule is C1#Cc2ccccc2C#COCCO1. The van der Waals surface area contributed by atoms with Gasteiger partial charge in [-0.05, 0) is 24.0 Å². The molecule has 0 fully saturated rings.